The fraction of sp³-hybridized carbons (Fsp3) is 0.308. The summed E-state index contributed by atoms with van der Waals surface area (Å²) >= 11 is 0. The van der Waals surface area contributed by atoms with Crippen LogP contribution in [0.3, 0.4) is 0 Å². The van der Waals surface area contributed by atoms with Crippen LogP contribution >= 0.6 is 0 Å². The van der Waals surface area contributed by atoms with Crippen LogP contribution in [0.1, 0.15) is 17.5 Å². The lowest BCUT2D eigenvalue weighted by atomic mass is 10.0. The molecule has 36 heavy (non-hydrogen) atoms. The average Bonchev–Trinajstić information content (AvgIpc) is 3.50. The first-order valence-electron chi connectivity index (χ1n) is 12.1. The summed E-state index contributed by atoms with van der Waals surface area (Å²) in [5, 5.41) is 7.12. The van der Waals surface area contributed by atoms with Gasteiger partial charge in [0.05, 0.1) is 25.4 Å². The lowest BCUT2D eigenvalue weighted by molar-refractivity contribution is 0.138. The second-order valence-electron chi connectivity index (χ2n) is 8.91. The third-order valence-electron chi connectivity index (χ3n) is 6.46. The molecule has 0 spiro atoms. The Bertz CT molecular complexity index is 1490. The van der Waals surface area contributed by atoms with Crippen LogP contribution in [0.25, 0.3) is 16.7 Å². The van der Waals surface area contributed by atoms with E-state index in [0.717, 1.165) is 31.6 Å². The monoisotopic (exact) mass is 485 g/mol. The topological polar surface area (TPSA) is 108 Å². The van der Waals surface area contributed by atoms with E-state index in [4.69, 9.17) is 14.5 Å². The van der Waals surface area contributed by atoms with Crippen LogP contribution in [0, 0.1) is 0 Å². The quantitative estimate of drug-likeness (QED) is 0.385. The molecule has 2 N–H and O–H groups in total. The van der Waals surface area contributed by atoms with Crippen molar-refractivity contribution in [2.24, 2.45) is 0 Å². The number of fused-ring (bicyclic) bond motifs is 2. The number of nitrogens with one attached hydrogen (secondary N) is 2. The smallest absolute Gasteiger partial charge is 0.278 e. The maximum Gasteiger partial charge on any atom is 0.278 e. The highest BCUT2D eigenvalue weighted by molar-refractivity contribution is 5.77. The van der Waals surface area contributed by atoms with E-state index in [-0.39, 0.29) is 11.7 Å². The minimum atomic E-state index is -0.195. The van der Waals surface area contributed by atoms with Crippen molar-refractivity contribution in [3.8, 4) is 11.6 Å². The van der Waals surface area contributed by atoms with Crippen molar-refractivity contribution in [3.63, 3.8) is 0 Å². The first-order chi connectivity index (χ1) is 17.7. The van der Waals surface area contributed by atoms with Crippen molar-refractivity contribution in [1.82, 2.24) is 29.6 Å². The minimum Gasteiger partial charge on any atom is -0.472 e. The van der Waals surface area contributed by atoms with Gasteiger partial charge in [-0.05, 0) is 42.3 Å². The Morgan fingerprint density at radius 3 is 3.06 bits per heavy atom. The van der Waals surface area contributed by atoms with Gasteiger partial charge in [0.1, 0.15) is 11.5 Å². The highest BCUT2D eigenvalue weighted by atomic mass is 16.5. The molecule has 1 saturated heterocycles. The number of pyridine rings is 1. The summed E-state index contributed by atoms with van der Waals surface area (Å²) in [6.07, 6.45) is 6.72. The van der Waals surface area contributed by atoms with Gasteiger partial charge in [0.2, 0.25) is 11.8 Å². The normalized spacial score (nSPS) is 17.2. The third-order valence-corrected chi connectivity index (χ3v) is 6.46. The fourth-order valence-corrected chi connectivity index (χ4v) is 4.70. The average molecular weight is 486 g/mol. The molecule has 3 aromatic heterocycles. The van der Waals surface area contributed by atoms with Gasteiger partial charge < -0.3 is 20.1 Å². The molecule has 6 rings (SSSR count). The summed E-state index contributed by atoms with van der Waals surface area (Å²) in [7, 11) is 0. The highest BCUT2D eigenvalue weighted by Gasteiger charge is 2.20. The zero-order valence-corrected chi connectivity index (χ0v) is 19.8. The van der Waals surface area contributed by atoms with Crippen molar-refractivity contribution in [1.29, 1.82) is 0 Å². The molecule has 1 unspecified atom stereocenters. The Hall–Kier alpha value is -4.02. The van der Waals surface area contributed by atoms with E-state index in [9.17, 15) is 4.79 Å². The van der Waals surface area contributed by atoms with Gasteiger partial charge in [-0.2, -0.15) is 4.98 Å². The SMILES string of the molecule is C=CCn1c(=O)c2cnc(Nc3ccc4c(c3)CNCC4)nc2n1-c1ccnc(OC2CCOC2)c1. The van der Waals surface area contributed by atoms with Gasteiger partial charge in [-0.25, -0.2) is 19.3 Å². The number of anilines is 2. The summed E-state index contributed by atoms with van der Waals surface area (Å²) in [5.41, 5.74) is 4.51. The number of nitrogens with zero attached hydrogens (tertiary/aromatic N) is 5. The summed E-state index contributed by atoms with van der Waals surface area (Å²) in [5.74, 6) is 0.877. The third kappa shape index (κ3) is 4.25. The summed E-state index contributed by atoms with van der Waals surface area (Å²) in [4.78, 5) is 26.8. The van der Waals surface area contributed by atoms with Crippen LogP contribution in [-0.2, 0) is 24.2 Å². The summed E-state index contributed by atoms with van der Waals surface area (Å²) in [6, 6.07) is 9.92. The van der Waals surface area contributed by atoms with E-state index < -0.39 is 0 Å². The molecule has 2 aliphatic heterocycles. The molecule has 2 aliphatic rings. The number of hydrogen-bond donors (Lipinski definition) is 2. The number of hydrogen-bond acceptors (Lipinski definition) is 8. The van der Waals surface area contributed by atoms with Gasteiger partial charge in [0.25, 0.3) is 5.56 Å². The number of aromatic nitrogens is 5. The summed E-state index contributed by atoms with van der Waals surface area (Å²) in [6.45, 7) is 7.19. The molecule has 1 fully saturated rings. The second kappa shape index (κ2) is 9.56. The fourth-order valence-electron chi connectivity index (χ4n) is 4.70. The van der Waals surface area contributed by atoms with E-state index in [1.165, 1.54) is 11.1 Å². The Kier molecular flexibility index (Phi) is 5.96. The Balaban J connectivity index is 1.39. The molecule has 184 valence electrons. The van der Waals surface area contributed by atoms with Crippen LogP contribution in [0.15, 0.2) is 60.2 Å². The number of benzene rings is 1. The molecule has 10 nitrogen and oxygen atoms in total. The van der Waals surface area contributed by atoms with Gasteiger partial charge in [0, 0.05) is 37.1 Å². The van der Waals surface area contributed by atoms with Crippen LogP contribution < -0.4 is 20.9 Å². The highest BCUT2D eigenvalue weighted by Crippen LogP contribution is 2.24. The maximum absolute atomic E-state index is 13.2. The number of rotatable bonds is 7. The van der Waals surface area contributed by atoms with Crippen molar-refractivity contribution < 1.29 is 9.47 Å². The lowest BCUT2D eigenvalue weighted by Gasteiger charge is -2.18. The van der Waals surface area contributed by atoms with Crippen molar-refractivity contribution in [2.75, 3.05) is 25.1 Å². The van der Waals surface area contributed by atoms with Crippen LogP contribution in [0.4, 0.5) is 11.6 Å². The Morgan fingerprint density at radius 2 is 2.19 bits per heavy atom. The largest absolute Gasteiger partial charge is 0.472 e. The molecule has 1 aromatic carbocycles. The minimum absolute atomic E-state index is 0.0329. The molecule has 0 radical (unpaired) electrons. The standard InChI is InChI=1S/C26H27N7O3/c1-2-10-32-25(34)22-15-29-26(30-19-4-3-17-5-8-27-14-18(17)12-19)31-24(22)33(32)20-6-9-28-23(13-20)36-21-7-11-35-16-21/h2-4,6,9,12-13,15,21,27H,1,5,7-8,10-11,14,16H2,(H,29,30,31). The molecular weight excluding hydrogens is 458 g/mol. The number of ether oxygens (including phenoxy) is 2. The van der Waals surface area contributed by atoms with Crippen molar-refractivity contribution in [2.45, 2.75) is 32.0 Å². The van der Waals surface area contributed by atoms with Crippen LogP contribution in [0.2, 0.25) is 0 Å². The zero-order valence-electron chi connectivity index (χ0n) is 19.8. The molecule has 0 aliphatic carbocycles. The van der Waals surface area contributed by atoms with Crippen LogP contribution in [0.5, 0.6) is 5.88 Å². The lowest BCUT2D eigenvalue weighted by Crippen LogP contribution is -2.23. The van der Waals surface area contributed by atoms with E-state index >= 15 is 0 Å². The molecule has 5 heterocycles. The van der Waals surface area contributed by atoms with Gasteiger partial charge in [-0.3, -0.25) is 4.79 Å². The van der Waals surface area contributed by atoms with E-state index in [1.54, 1.807) is 27.8 Å². The molecule has 0 amide bonds. The summed E-state index contributed by atoms with van der Waals surface area (Å²) < 4.78 is 14.8. The predicted molar refractivity (Wildman–Crippen MR) is 136 cm³/mol. The van der Waals surface area contributed by atoms with E-state index in [1.807, 2.05) is 18.2 Å². The van der Waals surface area contributed by atoms with Gasteiger partial charge in [-0.15, -0.1) is 6.58 Å². The predicted octanol–water partition coefficient (Wildman–Crippen LogP) is 2.72. The van der Waals surface area contributed by atoms with Gasteiger partial charge >= 0.3 is 0 Å². The van der Waals surface area contributed by atoms with Gasteiger partial charge in [-0.1, -0.05) is 12.1 Å². The first-order valence-corrected chi connectivity index (χ1v) is 12.1. The molecule has 1 atom stereocenters. The molecular formula is C26H27N7O3. The second-order valence-corrected chi connectivity index (χ2v) is 8.91. The molecule has 10 heteroatoms. The van der Waals surface area contributed by atoms with E-state index in [0.29, 0.717) is 48.3 Å². The molecule has 4 aromatic rings. The van der Waals surface area contributed by atoms with Gasteiger partial charge in [0.15, 0.2) is 5.65 Å². The number of allylic oxidation sites excluding steroid dienone is 1. The zero-order chi connectivity index (χ0) is 24.5. The van der Waals surface area contributed by atoms with Crippen molar-refractivity contribution in [3.05, 3.63) is 76.9 Å². The molecule has 0 saturated carbocycles. The van der Waals surface area contributed by atoms with Crippen LogP contribution in [-0.4, -0.2) is 50.2 Å². The molecule has 0 bridgehead atoms. The Morgan fingerprint density at radius 1 is 1.25 bits per heavy atom. The maximum atomic E-state index is 13.2. The van der Waals surface area contributed by atoms with E-state index in [2.05, 4.69) is 39.3 Å². The first kappa shape index (κ1) is 22.4. The van der Waals surface area contributed by atoms with Crippen molar-refractivity contribution >= 4 is 22.7 Å². The Labute approximate surface area is 207 Å².